The van der Waals surface area contributed by atoms with Crippen LogP contribution in [0.2, 0.25) is 0 Å². The van der Waals surface area contributed by atoms with Crippen molar-refractivity contribution in [2.45, 2.75) is 38.3 Å². The number of nitrogens with one attached hydrogen (secondary N) is 1. The van der Waals surface area contributed by atoms with E-state index in [4.69, 9.17) is 4.52 Å². The van der Waals surface area contributed by atoms with E-state index >= 15 is 0 Å². The zero-order chi connectivity index (χ0) is 13.9. The largest absolute Gasteiger partial charge is 0.338 e. The molecule has 0 radical (unpaired) electrons. The summed E-state index contributed by atoms with van der Waals surface area (Å²) in [5.74, 6) is 4.67. The molecule has 6 heteroatoms. The van der Waals surface area contributed by atoms with E-state index in [2.05, 4.69) is 34.3 Å². The van der Waals surface area contributed by atoms with Crippen LogP contribution in [0.25, 0.3) is 0 Å². The molecule has 0 amide bonds. The van der Waals surface area contributed by atoms with Crippen LogP contribution >= 0.6 is 11.8 Å². The van der Waals surface area contributed by atoms with Crippen molar-refractivity contribution < 1.29 is 4.52 Å². The lowest BCUT2D eigenvalue weighted by atomic mass is 9.90. The first kappa shape index (κ1) is 14.4. The molecule has 3 unspecified atom stereocenters. The number of hydrogen-bond donors (Lipinski definition) is 1. The van der Waals surface area contributed by atoms with Crippen LogP contribution in [0.3, 0.4) is 0 Å². The number of piperidine rings is 1. The van der Waals surface area contributed by atoms with Crippen LogP contribution in [0.15, 0.2) is 4.52 Å². The Kier molecular flexibility index (Phi) is 4.63. The van der Waals surface area contributed by atoms with Gasteiger partial charge >= 0.3 is 0 Å². The molecule has 1 aromatic heterocycles. The normalized spacial score (nSPS) is 32.4. The van der Waals surface area contributed by atoms with Gasteiger partial charge in [0.05, 0.1) is 12.1 Å². The summed E-state index contributed by atoms with van der Waals surface area (Å²) in [6, 6.07) is 0.549. The van der Waals surface area contributed by atoms with Gasteiger partial charge in [-0.3, -0.25) is 4.90 Å². The summed E-state index contributed by atoms with van der Waals surface area (Å²) < 4.78 is 5.54. The first-order valence-corrected chi connectivity index (χ1v) is 8.78. The highest BCUT2D eigenvalue weighted by Crippen LogP contribution is 2.30. The van der Waals surface area contributed by atoms with Gasteiger partial charge in [0, 0.05) is 18.1 Å². The van der Waals surface area contributed by atoms with Crippen molar-refractivity contribution in [1.82, 2.24) is 20.4 Å². The van der Waals surface area contributed by atoms with Gasteiger partial charge in [0.15, 0.2) is 5.82 Å². The Bertz CT molecular complexity index is 439. The molecule has 0 aliphatic carbocycles. The quantitative estimate of drug-likeness (QED) is 0.923. The molecule has 5 nitrogen and oxygen atoms in total. The molecule has 2 aliphatic heterocycles. The summed E-state index contributed by atoms with van der Waals surface area (Å²) in [5.41, 5.74) is 0. The minimum absolute atomic E-state index is 0.247. The molecule has 3 heterocycles. The van der Waals surface area contributed by atoms with Gasteiger partial charge in [-0.1, -0.05) is 18.5 Å². The molecule has 0 bridgehead atoms. The highest BCUT2D eigenvalue weighted by molar-refractivity contribution is 7.99. The minimum Gasteiger partial charge on any atom is -0.338 e. The van der Waals surface area contributed by atoms with Crippen LogP contribution < -0.4 is 5.32 Å². The highest BCUT2D eigenvalue weighted by Gasteiger charge is 2.29. The second kappa shape index (κ2) is 6.45. The average Bonchev–Trinajstić information content (AvgIpc) is 2.97. The van der Waals surface area contributed by atoms with Crippen molar-refractivity contribution in [2.24, 2.45) is 5.92 Å². The van der Waals surface area contributed by atoms with Gasteiger partial charge in [0.2, 0.25) is 5.89 Å². The molecule has 1 N–H and O–H groups in total. The molecule has 3 atom stereocenters. The first-order valence-electron chi connectivity index (χ1n) is 7.62. The fraction of sp³-hybridized carbons (Fsp3) is 0.857. The predicted octanol–water partition coefficient (Wildman–Crippen LogP) is 2.24. The third-order valence-corrected chi connectivity index (χ3v) is 5.56. The van der Waals surface area contributed by atoms with Crippen LogP contribution in [0.1, 0.15) is 50.0 Å². The molecule has 0 aromatic carbocycles. The van der Waals surface area contributed by atoms with Gasteiger partial charge in [-0.2, -0.15) is 16.7 Å². The van der Waals surface area contributed by atoms with Crippen LogP contribution in [0, 0.1) is 5.92 Å². The van der Waals surface area contributed by atoms with E-state index in [1.807, 2.05) is 11.8 Å². The van der Waals surface area contributed by atoms with Crippen molar-refractivity contribution in [3.8, 4) is 0 Å². The van der Waals surface area contributed by atoms with E-state index in [0.717, 1.165) is 42.9 Å². The Hall–Kier alpha value is -0.590. The Morgan fingerprint density at radius 3 is 3.20 bits per heavy atom. The highest BCUT2D eigenvalue weighted by atomic mass is 32.2. The summed E-state index contributed by atoms with van der Waals surface area (Å²) in [6.45, 7) is 4.42. The van der Waals surface area contributed by atoms with Gasteiger partial charge < -0.3 is 9.84 Å². The predicted molar refractivity (Wildman–Crippen MR) is 80.8 cm³/mol. The maximum Gasteiger partial charge on any atom is 0.243 e. The van der Waals surface area contributed by atoms with Crippen molar-refractivity contribution >= 4 is 11.8 Å². The topological polar surface area (TPSA) is 54.2 Å². The Morgan fingerprint density at radius 2 is 2.40 bits per heavy atom. The van der Waals surface area contributed by atoms with Crippen LogP contribution in [-0.2, 0) is 0 Å². The molecule has 2 fully saturated rings. The molecule has 2 aliphatic rings. The Labute approximate surface area is 124 Å². The molecule has 3 rings (SSSR count). The zero-order valence-electron chi connectivity index (χ0n) is 12.3. The van der Waals surface area contributed by atoms with E-state index in [1.165, 1.54) is 18.6 Å². The second-order valence-corrected chi connectivity index (χ2v) is 7.02. The summed E-state index contributed by atoms with van der Waals surface area (Å²) in [4.78, 5) is 7.01. The lowest BCUT2D eigenvalue weighted by Gasteiger charge is -2.29. The second-order valence-electron chi connectivity index (χ2n) is 5.87. The molecule has 0 saturated carbocycles. The number of aromatic nitrogens is 2. The number of thioether (sulfide) groups is 1. The van der Waals surface area contributed by atoms with Gasteiger partial charge in [-0.15, -0.1) is 0 Å². The van der Waals surface area contributed by atoms with E-state index in [0.29, 0.717) is 6.04 Å². The molecular weight excluding hydrogens is 272 g/mol. The fourth-order valence-corrected chi connectivity index (χ4v) is 4.25. The van der Waals surface area contributed by atoms with E-state index < -0.39 is 0 Å². The van der Waals surface area contributed by atoms with E-state index in [-0.39, 0.29) is 6.04 Å². The first-order chi connectivity index (χ1) is 9.78. The number of nitrogens with zero attached hydrogens (tertiary/aromatic N) is 3. The molecule has 20 heavy (non-hydrogen) atoms. The van der Waals surface area contributed by atoms with Crippen molar-refractivity contribution in [2.75, 3.05) is 31.6 Å². The van der Waals surface area contributed by atoms with Gasteiger partial charge in [0.1, 0.15) is 0 Å². The van der Waals surface area contributed by atoms with Crippen LogP contribution in [0.4, 0.5) is 0 Å². The maximum absolute atomic E-state index is 5.54. The van der Waals surface area contributed by atoms with Crippen molar-refractivity contribution in [1.29, 1.82) is 0 Å². The molecular formula is C14H24N4OS. The smallest absolute Gasteiger partial charge is 0.243 e. The third-order valence-electron chi connectivity index (χ3n) is 4.54. The van der Waals surface area contributed by atoms with Gasteiger partial charge in [0.25, 0.3) is 0 Å². The Morgan fingerprint density at radius 1 is 1.50 bits per heavy atom. The third kappa shape index (κ3) is 3.02. The molecule has 112 valence electrons. The monoisotopic (exact) mass is 296 g/mol. The van der Waals surface area contributed by atoms with Crippen LogP contribution in [-0.4, -0.2) is 46.7 Å². The standard InChI is InChI=1S/C14H24N4OS/c1-3-10-4-5-15-11(8-10)14-16-13(17-19-14)12-9-20-7-6-18(12)2/h10-12,15H,3-9H2,1-2H3. The van der Waals surface area contributed by atoms with E-state index in [1.54, 1.807) is 0 Å². The lowest BCUT2D eigenvalue weighted by molar-refractivity contribution is 0.239. The maximum atomic E-state index is 5.54. The number of hydrogen-bond acceptors (Lipinski definition) is 6. The molecule has 2 saturated heterocycles. The summed E-state index contributed by atoms with van der Waals surface area (Å²) in [7, 11) is 2.15. The fourth-order valence-electron chi connectivity index (χ4n) is 3.04. The SMILES string of the molecule is CCC1CCNC(c2nc(C3CSCCN3C)no2)C1. The van der Waals surface area contributed by atoms with Crippen molar-refractivity contribution in [3.05, 3.63) is 11.7 Å². The molecule has 0 spiro atoms. The zero-order valence-corrected chi connectivity index (χ0v) is 13.2. The van der Waals surface area contributed by atoms with Crippen LogP contribution in [0.5, 0.6) is 0 Å². The summed E-state index contributed by atoms with van der Waals surface area (Å²) in [5, 5.41) is 7.75. The number of rotatable bonds is 3. The van der Waals surface area contributed by atoms with Gasteiger partial charge in [-0.05, 0) is 32.4 Å². The van der Waals surface area contributed by atoms with Gasteiger partial charge in [-0.25, -0.2) is 0 Å². The minimum atomic E-state index is 0.247. The summed E-state index contributed by atoms with van der Waals surface area (Å²) >= 11 is 1.97. The lowest BCUT2D eigenvalue weighted by Crippen LogP contribution is -2.34. The average molecular weight is 296 g/mol. The van der Waals surface area contributed by atoms with Crippen molar-refractivity contribution in [3.63, 3.8) is 0 Å². The molecule has 1 aromatic rings. The summed E-state index contributed by atoms with van der Waals surface area (Å²) in [6.07, 6.45) is 3.62. The Balaban J connectivity index is 1.69. The van der Waals surface area contributed by atoms with E-state index in [9.17, 15) is 0 Å².